The molecule has 2 rings (SSSR count). The molecule has 0 bridgehead atoms. The zero-order valence-electron chi connectivity index (χ0n) is 11.3. The first kappa shape index (κ1) is 15.5. The standard InChI is InChI=1S/C15H16N4S2/c16-14(18-12-7-3-1-4-8-12)20-11-21-15(17)19-13-9-5-2-6-10-13/h1-10H,11H2,(H2,16,18)(H2,17,19). The van der Waals surface area contributed by atoms with E-state index >= 15 is 0 Å². The first-order valence-corrected chi connectivity index (χ1v) is 8.25. The first-order chi connectivity index (χ1) is 10.2. The molecule has 0 saturated carbocycles. The molecule has 6 heteroatoms. The summed E-state index contributed by atoms with van der Waals surface area (Å²) in [6, 6.07) is 19.2. The zero-order chi connectivity index (χ0) is 14.9. The quantitative estimate of drug-likeness (QED) is 0.512. The van der Waals surface area contributed by atoms with Crippen molar-refractivity contribution in [3.63, 3.8) is 0 Å². The Kier molecular flexibility index (Phi) is 6.18. The normalized spacial score (nSPS) is 12.4. The second-order valence-electron chi connectivity index (χ2n) is 3.98. The Morgan fingerprint density at radius 1 is 0.714 bits per heavy atom. The number of rotatable bonds is 4. The van der Waals surface area contributed by atoms with E-state index in [1.54, 1.807) is 0 Å². The molecule has 0 spiro atoms. The van der Waals surface area contributed by atoms with Gasteiger partial charge in [0, 0.05) is 0 Å². The van der Waals surface area contributed by atoms with Gasteiger partial charge in [0.1, 0.15) is 0 Å². The van der Waals surface area contributed by atoms with Crippen LogP contribution >= 0.6 is 23.5 Å². The minimum Gasteiger partial charge on any atom is -0.378 e. The van der Waals surface area contributed by atoms with Crippen LogP contribution in [0.4, 0.5) is 11.4 Å². The maximum atomic E-state index is 5.86. The smallest absolute Gasteiger partial charge is 0.159 e. The van der Waals surface area contributed by atoms with E-state index in [0.717, 1.165) is 11.4 Å². The molecule has 0 aliphatic rings. The third-order valence-electron chi connectivity index (χ3n) is 2.40. The van der Waals surface area contributed by atoms with Gasteiger partial charge in [-0.15, -0.1) is 0 Å². The number of benzene rings is 2. The summed E-state index contributed by atoms with van der Waals surface area (Å²) in [5.74, 6) is 0. The van der Waals surface area contributed by atoms with Gasteiger partial charge in [0.15, 0.2) is 10.3 Å². The predicted octanol–water partition coefficient (Wildman–Crippen LogP) is 3.70. The van der Waals surface area contributed by atoms with Crippen LogP contribution in [0.1, 0.15) is 0 Å². The molecular weight excluding hydrogens is 300 g/mol. The lowest BCUT2D eigenvalue weighted by molar-refractivity contribution is 1.51. The van der Waals surface area contributed by atoms with Gasteiger partial charge in [0.2, 0.25) is 0 Å². The van der Waals surface area contributed by atoms with Crippen molar-refractivity contribution in [2.45, 2.75) is 0 Å². The molecule has 0 radical (unpaired) electrons. The van der Waals surface area contributed by atoms with E-state index < -0.39 is 0 Å². The van der Waals surface area contributed by atoms with Crippen molar-refractivity contribution in [2.24, 2.45) is 21.5 Å². The van der Waals surface area contributed by atoms with Crippen molar-refractivity contribution in [1.82, 2.24) is 0 Å². The lowest BCUT2D eigenvalue weighted by Gasteiger charge is -2.01. The molecule has 0 aromatic heterocycles. The maximum Gasteiger partial charge on any atom is 0.159 e. The SMILES string of the molecule is NC(=Nc1ccccc1)SCSC(N)=Nc1ccccc1. The Balaban J connectivity index is 1.81. The van der Waals surface area contributed by atoms with Gasteiger partial charge < -0.3 is 11.5 Å². The van der Waals surface area contributed by atoms with Gasteiger partial charge >= 0.3 is 0 Å². The molecular formula is C15H16N4S2. The number of amidine groups is 2. The van der Waals surface area contributed by atoms with Crippen molar-refractivity contribution in [3.8, 4) is 0 Å². The lowest BCUT2D eigenvalue weighted by Crippen LogP contribution is -2.09. The molecule has 2 aromatic rings. The van der Waals surface area contributed by atoms with Gasteiger partial charge in [-0.25, -0.2) is 9.98 Å². The third kappa shape index (κ3) is 5.93. The van der Waals surface area contributed by atoms with E-state index in [1.807, 2.05) is 60.7 Å². The van der Waals surface area contributed by atoms with E-state index in [4.69, 9.17) is 11.5 Å². The van der Waals surface area contributed by atoms with Crippen LogP contribution in [0, 0.1) is 0 Å². The molecule has 4 N–H and O–H groups in total. The van der Waals surface area contributed by atoms with Crippen LogP contribution < -0.4 is 11.5 Å². The van der Waals surface area contributed by atoms with E-state index in [-0.39, 0.29) is 0 Å². The Bertz CT molecular complexity index is 557. The fourth-order valence-electron chi connectivity index (χ4n) is 1.47. The molecule has 2 aromatic carbocycles. The second-order valence-corrected chi connectivity index (χ2v) is 6.33. The number of para-hydroxylation sites is 2. The summed E-state index contributed by atoms with van der Waals surface area (Å²) in [5.41, 5.74) is 13.4. The third-order valence-corrected chi connectivity index (χ3v) is 4.12. The second kappa shape index (κ2) is 8.39. The topological polar surface area (TPSA) is 76.8 Å². The van der Waals surface area contributed by atoms with Crippen molar-refractivity contribution in [2.75, 3.05) is 5.08 Å². The first-order valence-electron chi connectivity index (χ1n) is 6.28. The summed E-state index contributed by atoms with van der Waals surface area (Å²) < 4.78 is 0. The van der Waals surface area contributed by atoms with E-state index in [9.17, 15) is 0 Å². The van der Waals surface area contributed by atoms with Crippen molar-refractivity contribution in [3.05, 3.63) is 60.7 Å². The van der Waals surface area contributed by atoms with Crippen molar-refractivity contribution >= 4 is 45.2 Å². The highest BCUT2D eigenvalue weighted by Gasteiger charge is 1.99. The maximum absolute atomic E-state index is 5.86. The fourth-order valence-corrected chi connectivity index (χ4v) is 3.02. The summed E-state index contributed by atoms with van der Waals surface area (Å²) in [7, 11) is 0. The summed E-state index contributed by atoms with van der Waals surface area (Å²) in [6.45, 7) is 0. The Labute approximate surface area is 132 Å². The minimum absolute atomic E-state index is 0.515. The molecule has 0 fully saturated rings. The van der Waals surface area contributed by atoms with Crippen molar-refractivity contribution < 1.29 is 0 Å². The summed E-state index contributed by atoms with van der Waals surface area (Å²) in [5, 5.41) is 1.70. The van der Waals surface area contributed by atoms with E-state index in [2.05, 4.69) is 9.98 Å². The van der Waals surface area contributed by atoms with Crippen LogP contribution in [0.15, 0.2) is 70.6 Å². The largest absolute Gasteiger partial charge is 0.378 e. The number of aliphatic imine (C=N–C) groups is 2. The Morgan fingerprint density at radius 3 is 1.48 bits per heavy atom. The van der Waals surface area contributed by atoms with Crippen LogP contribution in [0.2, 0.25) is 0 Å². The molecule has 4 nitrogen and oxygen atoms in total. The highest BCUT2D eigenvalue weighted by atomic mass is 32.2. The molecule has 108 valence electrons. The number of thioether (sulfide) groups is 2. The molecule has 0 aliphatic heterocycles. The highest BCUT2D eigenvalue weighted by Crippen LogP contribution is 2.18. The van der Waals surface area contributed by atoms with Crippen LogP contribution in [0.3, 0.4) is 0 Å². The van der Waals surface area contributed by atoms with Gasteiger partial charge in [-0.3, -0.25) is 0 Å². The summed E-state index contributed by atoms with van der Waals surface area (Å²) in [4.78, 5) is 8.61. The number of nitrogens with two attached hydrogens (primary N) is 2. The van der Waals surface area contributed by atoms with Crippen LogP contribution in [-0.4, -0.2) is 15.4 Å². The number of hydrogen-bond acceptors (Lipinski definition) is 4. The molecule has 0 aliphatic carbocycles. The monoisotopic (exact) mass is 316 g/mol. The Hall–Kier alpha value is -1.92. The number of hydrogen-bond donors (Lipinski definition) is 2. The van der Waals surface area contributed by atoms with Gasteiger partial charge in [-0.1, -0.05) is 59.9 Å². The summed E-state index contributed by atoms with van der Waals surface area (Å²) in [6.07, 6.45) is 0. The van der Waals surface area contributed by atoms with Crippen LogP contribution in [0.25, 0.3) is 0 Å². The summed E-state index contributed by atoms with van der Waals surface area (Å²) >= 11 is 2.88. The predicted molar refractivity (Wildman–Crippen MR) is 95.5 cm³/mol. The average molecular weight is 316 g/mol. The molecule has 21 heavy (non-hydrogen) atoms. The molecule has 0 atom stereocenters. The molecule has 0 unspecified atom stereocenters. The van der Waals surface area contributed by atoms with Crippen LogP contribution in [0.5, 0.6) is 0 Å². The fraction of sp³-hybridized carbons (Fsp3) is 0.0667. The van der Waals surface area contributed by atoms with Crippen molar-refractivity contribution in [1.29, 1.82) is 0 Å². The average Bonchev–Trinajstić information content (AvgIpc) is 2.49. The van der Waals surface area contributed by atoms with Gasteiger partial charge in [0.25, 0.3) is 0 Å². The van der Waals surface area contributed by atoms with Gasteiger partial charge in [-0.2, -0.15) is 0 Å². The van der Waals surface area contributed by atoms with Gasteiger partial charge in [0.05, 0.1) is 16.5 Å². The van der Waals surface area contributed by atoms with Crippen LogP contribution in [-0.2, 0) is 0 Å². The zero-order valence-corrected chi connectivity index (χ0v) is 13.0. The lowest BCUT2D eigenvalue weighted by atomic mass is 10.3. The Morgan fingerprint density at radius 2 is 1.10 bits per heavy atom. The van der Waals surface area contributed by atoms with E-state index in [1.165, 1.54) is 23.5 Å². The number of nitrogens with zero attached hydrogens (tertiary/aromatic N) is 2. The minimum atomic E-state index is 0.515. The molecule has 0 amide bonds. The highest BCUT2D eigenvalue weighted by molar-refractivity contribution is 8.29. The van der Waals surface area contributed by atoms with E-state index in [0.29, 0.717) is 15.4 Å². The molecule has 0 saturated heterocycles. The molecule has 0 heterocycles. The van der Waals surface area contributed by atoms with Gasteiger partial charge in [-0.05, 0) is 24.3 Å².